The summed E-state index contributed by atoms with van der Waals surface area (Å²) in [7, 11) is 0. The van der Waals surface area contributed by atoms with Gasteiger partial charge in [-0.15, -0.1) is 0 Å². The number of aromatic nitrogens is 5. The van der Waals surface area contributed by atoms with E-state index in [-0.39, 0.29) is 16.9 Å². The van der Waals surface area contributed by atoms with E-state index in [0.29, 0.717) is 28.3 Å². The Hall–Kier alpha value is -4.79. The Balaban J connectivity index is 1.49. The Kier molecular flexibility index (Phi) is 5.10. The van der Waals surface area contributed by atoms with Crippen molar-refractivity contribution in [2.45, 2.75) is 13.0 Å². The average Bonchev–Trinajstić information content (AvgIpc) is 3.34. The summed E-state index contributed by atoms with van der Waals surface area (Å²) in [6.07, 6.45) is 8.24. The fraction of sp³-hybridized carbons (Fsp3) is 0.0741. The van der Waals surface area contributed by atoms with Crippen LogP contribution < -0.4 is 5.32 Å². The predicted octanol–water partition coefficient (Wildman–Crippen LogP) is 5.88. The van der Waals surface area contributed by atoms with Gasteiger partial charge in [-0.05, 0) is 60.7 Å². The number of hydrogen-bond acceptors (Lipinski definition) is 6. The number of rotatable bonds is 4. The van der Waals surface area contributed by atoms with E-state index in [9.17, 15) is 4.39 Å². The van der Waals surface area contributed by atoms with Crippen LogP contribution >= 0.6 is 0 Å². The van der Waals surface area contributed by atoms with Gasteiger partial charge in [0.15, 0.2) is 5.65 Å². The average molecular weight is 479 g/mol. The molecule has 9 heteroatoms. The molecule has 176 valence electrons. The van der Waals surface area contributed by atoms with Crippen LogP contribution in [-0.2, 0) is 0 Å². The van der Waals surface area contributed by atoms with Gasteiger partial charge in [0.2, 0.25) is 0 Å². The van der Waals surface area contributed by atoms with Crippen LogP contribution in [0.5, 0.6) is 0 Å². The van der Waals surface area contributed by atoms with E-state index in [1.54, 1.807) is 30.7 Å². The number of benzene rings is 1. The van der Waals surface area contributed by atoms with Crippen LogP contribution in [0, 0.1) is 18.6 Å². The summed E-state index contributed by atoms with van der Waals surface area (Å²) in [6, 6.07) is 9.41. The van der Waals surface area contributed by atoms with Gasteiger partial charge in [0.25, 0.3) is 0 Å². The molecule has 1 atom stereocenters. The molecule has 0 amide bonds. The van der Waals surface area contributed by atoms with Crippen LogP contribution in [0.15, 0.2) is 72.3 Å². The van der Waals surface area contributed by atoms with Crippen molar-refractivity contribution in [3.05, 3.63) is 95.7 Å². The molecule has 1 aromatic carbocycles. The highest BCUT2D eigenvalue weighted by Crippen LogP contribution is 2.42. The largest absolute Gasteiger partial charge is 0.338 e. The van der Waals surface area contributed by atoms with Crippen LogP contribution in [-0.4, -0.2) is 31.9 Å². The second-order valence-corrected chi connectivity index (χ2v) is 8.43. The molecule has 6 rings (SSSR count). The first-order chi connectivity index (χ1) is 17.5. The van der Waals surface area contributed by atoms with E-state index < -0.39 is 11.9 Å². The molecule has 1 unspecified atom stereocenters. The normalized spacial score (nSPS) is 14.8. The third-order valence-electron chi connectivity index (χ3n) is 6.33. The maximum Gasteiger partial charge on any atom is 0.184 e. The number of anilines is 1. The molecule has 0 aliphatic carbocycles. The Morgan fingerprint density at radius 2 is 1.78 bits per heavy atom. The van der Waals surface area contributed by atoms with Crippen LogP contribution in [0.3, 0.4) is 0 Å². The Labute approximate surface area is 204 Å². The molecular formula is C27H19F2N7. The molecule has 0 saturated carbocycles. The highest BCUT2D eigenvalue weighted by molar-refractivity contribution is 5.96. The van der Waals surface area contributed by atoms with Crippen molar-refractivity contribution in [1.29, 1.82) is 0 Å². The topological polar surface area (TPSA) is 91.7 Å². The first-order valence-electron chi connectivity index (χ1n) is 11.2. The third kappa shape index (κ3) is 3.44. The van der Waals surface area contributed by atoms with E-state index in [0.717, 1.165) is 22.3 Å². The quantitative estimate of drug-likeness (QED) is 0.314. The third-order valence-corrected chi connectivity index (χ3v) is 6.33. The summed E-state index contributed by atoms with van der Waals surface area (Å²) >= 11 is 0. The molecule has 0 fully saturated rings. The minimum Gasteiger partial charge on any atom is -0.338 e. The standard InChI is InChI=1S/C27H19F2N7/c1-14-7-9-31-12-18(14)19-13-33-27-23(24(19)29)25(35-36-27)21-11-20(30-2)22-17(8-10-32-26(22)34-21)15-3-5-16(28)6-4-15/h3-13,20H,2H2,1H3,(H,32,34)(H,33,35,36). The molecule has 0 spiro atoms. The lowest BCUT2D eigenvalue weighted by atomic mass is 9.92. The van der Waals surface area contributed by atoms with Crippen molar-refractivity contribution in [3.8, 4) is 22.3 Å². The number of aryl methyl sites for hydroxylation is 1. The molecule has 1 aliphatic heterocycles. The number of fused-ring (bicyclic) bond motifs is 2. The van der Waals surface area contributed by atoms with Gasteiger partial charge in [-0.1, -0.05) is 12.1 Å². The number of hydrogen-bond donors (Lipinski definition) is 2. The van der Waals surface area contributed by atoms with Crippen molar-refractivity contribution in [1.82, 2.24) is 25.1 Å². The molecule has 5 heterocycles. The Morgan fingerprint density at radius 3 is 2.56 bits per heavy atom. The van der Waals surface area contributed by atoms with Crippen LogP contribution in [0.1, 0.15) is 22.9 Å². The van der Waals surface area contributed by atoms with Gasteiger partial charge in [-0.2, -0.15) is 5.10 Å². The summed E-state index contributed by atoms with van der Waals surface area (Å²) in [5.74, 6) is -0.227. The number of aromatic amines is 1. The van der Waals surface area contributed by atoms with Gasteiger partial charge in [-0.3, -0.25) is 15.1 Å². The fourth-order valence-electron chi connectivity index (χ4n) is 4.53. The first-order valence-corrected chi connectivity index (χ1v) is 11.2. The van der Waals surface area contributed by atoms with E-state index in [2.05, 4.69) is 42.2 Å². The molecular weight excluding hydrogens is 460 g/mol. The maximum atomic E-state index is 15.9. The minimum absolute atomic E-state index is 0.246. The van der Waals surface area contributed by atoms with E-state index in [1.807, 2.05) is 25.1 Å². The highest BCUT2D eigenvalue weighted by atomic mass is 19.1. The maximum absolute atomic E-state index is 15.9. The molecule has 0 radical (unpaired) electrons. The first kappa shape index (κ1) is 21.7. The molecule has 36 heavy (non-hydrogen) atoms. The highest BCUT2D eigenvalue weighted by Gasteiger charge is 2.27. The predicted molar refractivity (Wildman–Crippen MR) is 135 cm³/mol. The van der Waals surface area contributed by atoms with Gasteiger partial charge in [0.1, 0.15) is 17.5 Å². The molecule has 0 bridgehead atoms. The fourth-order valence-corrected chi connectivity index (χ4v) is 4.53. The molecule has 7 nitrogen and oxygen atoms in total. The summed E-state index contributed by atoms with van der Waals surface area (Å²) in [6.45, 7) is 5.65. The summed E-state index contributed by atoms with van der Waals surface area (Å²) in [5.41, 5.74) is 5.55. The number of nitrogens with one attached hydrogen (secondary N) is 2. The van der Waals surface area contributed by atoms with Gasteiger partial charge >= 0.3 is 0 Å². The molecule has 4 aromatic heterocycles. The van der Waals surface area contributed by atoms with Crippen LogP contribution in [0.2, 0.25) is 0 Å². The second kappa shape index (κ2) is 8.46. The lowest BCUT2D eigenvalue weighted by Crippen LogP contribution is -2.14. The molecule has 1 aliphatic rings. The number of pyridine rings is 3. The smallest absolute Gasteiger partial charge is 0.184 e. The lowest BCUT2D eigenvalue weighted by molar-refractivity contribution is 0.628. The van der Waals surface area contributed by atoms with Crippen molar-refractivity contribution < 1.29 is 8.78 Å². The van der Waals surface area contributed by atoms with Gasteiger partial charge in [0.05, 0.1) is 22.8 Å². The Bertz CT molecular complexity index is 1670. The van der Waals surface area contributed by atoms with Gasteiger partial charge < -0.3 is 5.32 Å². The number of nitrogens with zero attached hydrogens (tertiary/aromatic N) is 5. The van der Waals surface area contributed by atoms with Gasteiger partial charge in [-0.25, -0.2) is 18.7 Å². The van der Waals surface area contributed by atoms with Crippen molar-refractivity contribution >= 4 is 29.3 Å². The van der Waals surface area contributed by atoms with Gasteiger partial charge in [0, 0.05) is 41.5 Å². The van der Waals surface area contributed by atoms with E-state index in [1.165, 1.54) is 18.3 Å². The van der Waals surface area contributed by atoms with E-state index in [4.69, 9.17) is 0 Å². The molecule has 5 aromatic rings. The summed E-state index contributed by atoms with van der Waals surface area (Å²) in [5, 5.41) is 10.7. The molecule has 2 N–H and O–H groups in total. The lowest BCUT2D eigenvalue weighted by Gasteiger charge is -2.25. The SMILES string of the molecule is C=NC1C=C(c2[nH]nc3ncc(-c4cnccc4C)c(F)c23)Nc2nccc(-c3ccc(F)cc3)c21. The summed E-state index contributed by atoms with van der Waals surface area (Å²) < 4.78 is 29.4. The van der Waals surface area contributed by atoms with Crippen molar-refractivity contribution in [2.24, 2.45) is 4.99 Å². The zero-order valence-corrected chi connectivity index (χ0v) is 19.1. The second-order valence-electron chi connectivity index (χ2n) is 8.43. The van der Waals surface area contributed by atoms with E-state index >= 15 is 4.39 Å². The Morgan fingerprint density at radius 1 is 0.944 bits per heavy atom. The zero-order valence-electron chi connectivity index (χ0n) is 19.1. The molecule has 0 saturated heterocycles. The van der Waals surface area contributed by atoms with Crippen molar-refractivity contribution in [3.63, 3.8) is 0 Å². The van der Waals surface area contributed by atoms with Crippen molar-refractivity contribution in [2.75, 3.05) is 5.32 Å². The van der Waals surface area contributed by atoms with Crippen LogP contribution in [0.25, 0.3) is 39.0 Å². The van der Waals surface area contributed by atoms with Crippen LogP contribution in [0.4, 0.5) is 14.6 Å². The number of H-pyrrole nitrogens is 1. The zero-order chi connectivity index (χ0) is 24.8. The number of aliphatic imine (C=N–C) groups is 1. The minimum atomic E-state index is -0.483. The summed E-state index contributed by atoms with van der Waals surface area (Å²) in [4.78, 5) is 17.3. The monoisotopic (exact) mass is 479 g/mol. The number of halogens is 2.